The van der Waals surface area contributed by atoms with E-state index in [1.165, 1.54) is 116 Å². The number of aliphatic hydroxyl groups excluding tert-OH is 2. The third-order valence-corrected chi connectivity index (χ3v) is 10.1. The highest BCUT2D eigenvalue weighted by Gasteiger charge is 2.27. The van der Waals surface area contributed by atoms with Crippen LogP contribution in [0.5, 0.6) is 0 Å². The highest BCUT2D eigenvalue weighted by atomic mass is 31.2. The number of aliphatic hydroxyl groups is 2. The first-order chi connectivity index (χ1) is 25.2. The summed E-state index contributed by atoms with van der Waals surface area (Å²) in [7, 11) is -4.61. The van der Waals surface area contributed by atoms with Gasteiger partial charge < -0.3 is 24.6 Å². The van der Waals surface area contributed by atoms with E-state index in [4.69, 9.17) is 19.1 Å². The predicted molar refractivity (Wildman–Crippen MR) is 210 cm³/mol. The molecular weight excluding hydrogens is 683 g/mol. The van der Waals surface area contributed by atoms with Gasteiger partial charge in [-0.2, -0.15) is 0 Å². The molecule has 0 aromatic carbocycles. The largest absolute Gasteiger partial charge is 0.472 e. The summed E-state index contributed by atoms with van der Waals surface area (Å²) in [5, 5.41) is 18.3. The molecule has 52 heavy (non-hydrogen) atoms. The van der Waals surface area contributed by atoms with Crippen LogP contribution in [0, 0.1) is 0 Å². The van der Waals surface area contributed by atoms with Crippen LogP contribution in [0.25, 0.3) is 0 Å². The molecule has 308 valence electrons. The Morgan fingerprint density at radius 2 is 0.942 bits per heavy atom. The van der Waals surface area contributed by atoms with Crippen molar-refractivity contribution in [2.75, 3.05) is 26.4 Å². The van der Waals surface area contributed by atoms with Crippen LogP contribution in [0.3, 0.4) is 0 Å². The molecule has 10 nitrogen and oxygen atoms in total. The molecule has 0 saturated heterocycles. The monoisotopic (exact) mass is 763 g/mol. The summed E-state index contributed by atoms with van der Waals surface area (Å²) in [6.45, 7) is 2.38. The number of esters is 2. The van der Waals surface area contributed by atoms with E-state index in [0.29, 0.717) is 12.8 Å². The van der Waals surface area contributed by atoms with Gasteiger partial charge in [-0.25, -0.2) is 4.57 Å². The number of allylic oxidation sites excluding steroid dienone is 2. The molecule has 0 amide bonds. The van der Waals surface area contributed by atoms with Crippen molar-refractivity contribution in [1.82, 2.24) is 0 Å². The Kier molecular flexibility index (Phi) is 37.1. The van der Waals surface area contributed by atoms with E-state index in [0.717, 1.165) is 44.9 Å². The predicted octanol–water partition coefficient (Wildman–Crippen LogP) is 10.8. The molecule has 0 aliphatic rings. The van der Waals surface area contributed by atoms with Gasteiger partial charge in [-0.3, -0.25) is 18.6 Å². The van der Waals surface area contributed by atoms with E-state index >= 15 is 0 Å². The summed E-state index contributed by atoms with van der Waals surface area (Å²) in [5.41, 5.74) is 0. The molecule has 0 aliphatic carbocycles. The molecule has 3 atom stereocenters. The lowest BCUT2D eigenvalue weighted by atomic mass is 10.0. The summed E-state index contributed by atoms with van der Waals surface area (Å²) in [4.78, 5) is 34.9. The molecule has 3 N–H and O–H groups in total. The molecule has 0 bridgehead atoms. The van der Waals surface area contributed by atoms with Gasteiger partial charge in [-0.05, 0) is 38.5 Å². The molecule has 11 heteroatoms. The maximum Gasteiger partial charge on any atom is 0.472 e. The average Bonchev–Trinajstić information content (AvgIpc) is 3.13. The Labute approximate surface area is 317 Å². The van der Waals surface area contributed by atoms with Crippen LogP contribution in [-0.2, 0) is 32.7 Å². The van der Waals surface area contributed by atoms with Gasteiger partial charge in [0.05, 0.1) is 19.8 Å². The molecule has 0 heterocycles. The molecule has 0 spiro atoms. The van der Waals surface area contributed by atoms with Gasteiger partial charge in [0.25, 0.3) is 0 Å². The first-order valence-electron chi connectivity index (χ1n) is 21.1. The van der Waals surface area contributed by atoms with Gasteiger partial charge >= 0.3 is 19.8 Å². The summed E-state index contributed by atoms with van der Waals surface area (Å²) in [6.07, 6.45) is 34.6. The van der Waals surface area contributed by atoms with Gasteiger partial charge in [0.1, 0.15) is 12.7 Å². The van der Waals surface area contributed by atoms with Gasteiger partial charge in [-0.15, -0.1) is 0 Å². The number of carbonyl (C=O) groups excluding carboxylic acids is 2. The van der Waals surface area contributed by atoms with Crippen molar-refractivity contribution >= 4 is 19.8 Å². The number of hydrogen-bond acceptors (Lipinski definition) is 9. The number of rotatable bonds is 40. The highest BCUT2D eigenvalue weighted by molar-refractivity contribution is 7.47. The quantitative estimate of drug-likeness (QED) is 0.0238. The van der Waals surface area contributed by atoms with Crippen LogP contribution < -0.4 is 0 Å². The zero-order valence-corrected chi connectivity index (χ0v) is 34.2. The normalized spacial score (nSPS) is 14.0. The zero-order valence-electron chi connectivity index (χ0n) is 33.3. The van der Waals surface area contributed by atoms with Gasteiger partial charge in [0.2, 0.25) is 0 Å². The van der Waals surface area contributed by atoms with E-state index < -0.39 is 51.8 Å². The van der Waals surface area contributed by atoms with Gasteiger partial charge in [-0.1, -0.05) is 161 Å². The number of phosphoric ester groups is 1. The van der Waals surface area contributed by atoms with Gasteiger partial charge in [0.15, 0.2) is 6.10 Å². The number of carbonyl (C=O) groups is 2. The van der Waals surface area contributed by atoms with Crippen molar-refractivity contribution in [1.29, 1.82) is 0 Å². The Hall–Kier alpha value is -1.29. The SMILES string of the molecule is CCCCCC/C=C/CCCCCCCCCC(=O)O[C@H](COC(=O)CCCCCCCCCCCCCCCC)COP(=O)(O)OC[C@@H](O)CO. The molecule has 0 aromatic rings. The number of hydrogen-bond donors (Lipinski definition) is 3. The van der Waals surface area contributed by atoms with Crippen molar-refractivity contribution in [2.24, 2.45) is 0 Å². The van der Waals surface area contributed by atoms with E-state index in [9.17, 15) is 24.2 Å². The fourth-order valence-electron chi connectivity index (χ4n) is 5.87. The lowest BCUT2D eigenvalue weighted by Gasteiger charge is -2.20. The van der Waals surface area contributed by atoms with Gasteiger partial charge in [0, 0.05) is 12.8 Å². The number of ether oxygens (including phenoxy) is 2. The zero-order chi connectivity index (χ0) is 38.4. The first kappa shape index (κ1) is 50.7. The fourth-order valence-corrected chi connectivity index (χ4v) is 6.66. The Balaban J connectivity index is 4.29. The average molecular weight is 763 g/mol. The third-order valence-electron chi connectivity index (χ3n) is 9.17. The standard InChI is InChI=1S/C41H79O10P/c1-3-5-7-9-11-13-15-17-19-21-23-25-27-29-31-33-41(45)51-39(37-50-52(46,47)49-35-38(43)34-42)36-48-40(44)32-30-28-26-24-22-20-18-16-14-12-10-8-6-4-2/h13,15,38-39,42-43H,3-12,14,16-37H2,1-2H3,(H,46,47)/b15-13+/t38-,39+/m0/s1. The summed E-state index contributed by atoms with van der Waals surface area (Å²) in [5.74, 6) is -0.921. The second kappa shape index (κ2) is 38.0. The molecule has 1 unspecified atom stereocenters. The van der Waals surface area contributed by atoms with Crippen LogP contribution >= 0.6 is 7.82 Å². The fraction of sp³-hybridized carbons (Fsp3) is 0.902. The number of phosphoric acid groups is 1. The minimum atomic E-state index is -4.61. The Morgan fingerprint density at radius 3 is 1.40 bits per heavy atom. The van der Waals surface area contributed by atoms with Crippen molar-refractivity contribution in [2.45, 2.75) is 212 Å². The topological polar surface area (TPSA) is 149 Å². The first-order valence-corrected chi connectivity index (χ1v) is 22.6. The van der Waals surface area contributed by atoms with Crippen LogP contribution in [-0.4, -0.2) is 65.7 Å². The molecule has 0 saturated carbocycles. The van der Waals surface area contributed by atoms with Crippen molar-refractivity contribution in [3.63, 3.8) is 0 Å². The highest BCUT2D eigenvalue weighted by Crippen LogP contribution is 2.43. The molecule has 0 aromatic heterocycles. The summed E-state index contributed by atoms with van der Waals surface area (Å²) in [6, 6.07) is 0. The van der Waals surface area contributed by atoms with Crippen LogP contribution in [0.4, 0.5) is 0 Å². The second-order valence-corrected chi connectivity index (χ2v) is 15.8. The Bertz CT molecular complexity index is 884. The lowest BCUT2D eigenvalue weighted by Crippen LogP contribution is -2.29. The minimum Gasteiger partial charge on any atom is -0.462 e. The lowest BCUT2D eigenvalue weighted by molar-refractivity contribution is -0.161. The van der Waals surface area contributed by atoms with Crippen LogP contribution in [0.1, 0.15) is 200 Å². The van der Waals surface area contributed by atoms with Crippen molar-refractivity contribution < 1.29 is 47.8 Å². The van der Waals surface area contributed by atoms with Crippen molar-refractivity contribution in [3.05, 3.63) is 12.2 Å². The maximum atomic E-state index is 12.6. The molecule has 0 rings (SSSR count). The van der Waals surface area contributed by atoms with E-state index in [1.54, 1.807) is 0 Å². The van der Waals surface area contributed by atoms with Crippen LogP contribution in [0.2, 0.25) is 0 Å². The maximum absolute atomic E-state index is 12.6. The van der Waals surface area contributed by atoms with E-state index in [1.807, 2.05) is 0 Å². The molecule has 0 radical (unpaired) electrons. The smallest absolute Gasteiger partial charge is 0.462 e. The van der Waals surface area contributed by atoms with Crippen molar-refractivity contribution in [3.8, 4) is 0 Å². The second-order valence-electron chi connectivity index (χ2n) is 14.4. The van der Waals surface area contributed by atoms with E-state index in [-0.39, 0.29) is 19.4 Å². The molecule has 0 aliphatic heterocycles. The third kappa shape index (κ3) is 37.0. The summed E-state index contributed by atoms with van der Waals surface area (Å²) < 4.78 is 32.7. The van der Waals surface area contributed by atoms with Crippen LogP contribution in [0.15, 0.2) is 12.2 Å². The minimum absolute atomic E-state index is 0.183. The molecular formula is C41H79O10P. The van der Waals surface area contributed by atoms with E-state index in [2.05, 4.69) is 30.5 Å². The molecule has 0 fully saturated rings. The Morgan fingerprint density at radius 1 is 0.558 bits per heavy atom. The summed E-state index contributed by atoms with van der Waals surface area (Å²) >= 11 is 0. The number of unbranched alkanes of at least 4 members (excludes halogenated alkanes) is 24.